The molecule has 2 aliphatic heterocycles. The summed E-state index contributed by atoms with van der Waals surface area (Å²) in [5.74, 6) is 0. The first kappa shape index (κ1) is 25.4. The molecule has 0 bridgehead atoms. The lowest BCUT2D eigenvalue weighted by atomic mass is 10.7. The summed E-state index contributed by atoms with van der Waals surface area (Å²) < 4.78 is 12.8. The standard InChI is InChI=1S/C18H50N4Si6/c1-23(2,3)19-15-16-20(24(4,5)6)27(19,13)28(14)21(25(7,8)9)17-18-22(28)26(10,11)12/h15-18H2,1-14H3. The molecular formula is C18H50N4Si6. The predicted molar refractivity (Wildman–Crippen MR) is 143 cm³/mol. The molecule has 10 heteroatoms. The third kappa shape index (κ3) is 3.99. The van der Waals surface area contributed by atoms with Crippen molar-refractivity contribution in [3.63, 3.8) is 0 Å². The highest BCUT2D eigenvalue weighted by molar-refractivity contribution is 7.43. The van der Waals surface area contributed by atoms with Gasteiger partial charge in [0.25, 0.3) is 0 Å². The molecule has 2 saturated heterocycles. The topological polar surface area (TPSA) is 13.0 Å². The van der Waals surface area contributed by atoms with E-state index in [2.05, 4.69) is 109 Å². The number of nitrogens with zero attached hydrogens (tertiary/aromatic N) is 4. The van der Waals surface area contributed by atoms with Gasteiger partial charge >= 0.3 is 0 Å². The fourth-order valence-corrected chi connectivity index (χ4v) is 64.5. The summed E-state index contributed by atoms with van der Waals surface area (Å²) in [6, 6.07) is 0. The van der Waals surface area contributed by atoms with Gasteiger partial charge in [-0.15, -0.1) is 0 Å². The molecule has 0 aromatic rings. The zero-order valence-corrected chi connectivity index (χ0v) is 27.6. The molecule has 0 atom stereocenters. The lowest BCUT2D eigenvalue weighted by Gasteiger charge is -2.62. The van der Waals surface area contributed by atoms with Crippen LogP contribution in [0.25, 0.3) is 0 Å². The fraction of sp³-hybridized carbons (Fsp3) is 1.00. The summed E-state index contributed by atoms with van der Waals surface area (Å²) in [6.45, 7) is 42.5. The minimum Gasteiger partial charge on any atom is -0.333 e. The van der Waals surface area contributed by atoms with Crippen molar-refractivity contribution >= 4 is 48.8 Å². The van der Waals surface area contributed by atoms with Gasteiger partial charge in [0.05, 0.1) is 0 Å². The molecule has 0 aromatic carbocycles. The van der Waals surface area contributed by atoms with Crippen molar-refractivity contribution in [2.75, 3.05) is 26.2 Å². The Morgan fingerprint density at radius 3 is 0.643 bits per heavy atom. The van der Waals surface area contributed by atoms with Gasteiger partial charge in [-0.05, 0) is 39.3 Å². The Morgan fingerprint density at radius 2 is 0.536 bits per heavy atom. The Hall–Kier alpha value is 1.14. The van der Waals surface area contributed by atoms with Gasteiger partial charge in [-0.2, -0.15) is 0 Å². The summed E-state index contributed by atoms with van der Waals surface area (Å²) in [5.41, 5.74) is 0. The molecule has 0 saturated carbocycles. The van der Waals surface area contributed by atoms with Gasteiger partial charge < -0.3 is 16.9 Å². The molecule has 2 rings (SSSR count). The molecular weight excluding hydrogens is 441 g/mol. The van der Waals surface area contributed by atoms with Crippen molar-refractivity contribution in [2.45, 2.75) is 91.7 Å². The van der Waals surface area contributed by atoms with Gasteiger partial charge in [0.2, 0.25) is 15.8 Å². The average Bonchev–Trinajstić information content (AvgIpc) is 2.96. The van der Waals surface area contributed by atoms with Crippen LogP contribution in [-0.4, -0.2) is 91.9 Å². The van der Waals surface area contributed by atoms with E-state index in [1.54, 1.807) is 0 Å². The first-order valence-corrected chi connectivity index (χ1v) is 30.9. The molecule has 4 nitrogen and oxygen atoms in total. The summed E-state index contributed by atoms with van der Waals surface area (Å²) in [5, 5.41) is 0. The minimum absolute atomic E-state index is 1.34. The van der Waals surface area contributed by atoms with Gasteiger partial charge in [-0.3, -0.25) is 0 Å². The van der Waals surface area contributed by atoms with Crippen LogP contribution in [0.5, 0.6) is 0 Å². The van der Waals surface area contributed by atoms with Gasteiger partial charge in [0.1, 0.15) is 32.9 Å². The molecule has 2 fully saturated rings. The van der Waals surface area contributed by atoms with E-state index in [0.29, 0.717) is 0 Å². The average molecular weight is 491 g/mol. The predicted octanol–water partition coefficient (Wildman–Crippen LogP) is 4.78. The highest BCUT2D eigenvalue weighted by atomic mass is 29.3. The third-order valence-corrected chi connectivity index (χ3v) is 46.2. The summed E-state index contributed by atoms with van der Waals surface area (Å²) in [6.07, 6.45) is 0. The van der Waals surface area contributed by atoms with Crippen LogP contribution in [0, 0.1) is 0 Å². The molecule has 0 aromatic heterocycles. The molecule has 0 amide bonds. The van der Waals surface area contributed by atoms with Crippen LogP contribution in [0.15, 0.2) is 0 Å². The molecule has 0 N–H and O–H groups in total. The number of hydrogen-bond acceptors (Lipinski definition) is 4. The van der Waals surface area contributed by atoms with E-state index in [0.717, 1.165) is 0 Å². The Bertz CT molecular complexity index is 491. The van der Waals surface area contributed by atoms with Gasteiger partial charge in [-0.1, -0.05) is 78.6 Å². The molecule has 28 heavy (non-hydrogen) atoms. The zero-order chi connectivity index (χ0) is 22.1. The Balaban J connectivity index is 2.81. The SMILES string of the molecule is C[Si](C)(C)N1CCN([Si](C)(C)C)[Si]1(C)[Si]1(C)N([Si](C)(C)C)CCN1[Si](C)(C)C. The first-order valence-electron chi connectivity index (χ1n) is 11.3. The Kier molecular flexibility index (Phi) is 6.66. The van der Waals surface area contributed by atoms with Crippen LogP contribution in [0.1, 0.15) is 0 Å². The second kappa shape index (κ2) is 7.34. The van der Waals surface area contributed by atoms with Crippen LogP contribution >= 0.6 is 0 Å². The van der Waals surface area contributed by atoms with Crippen LogP contribution in [0.2, 0.25) is 91.7 Å². The summed E-state index contributed by atoms with van der Waals surface area (Å²) in [7, 11) is -9.14. The van der Waals surface area contributed by atoms with E-state index < -0.39 is 48.8 Å². The van der Waals surface area contributed by atoms with Crippen LogP contribution in [0.3, 0.4) is 0 Å². The quantitative estimate of drug-likeness (QED) is 0.514. The van der Waals surface area contributed by atoms with E-state index >= 15 is 0 Å². The molecule has 0 aliphatic carbocycles. The maximum Gasteiger partial charge on any atom is 0.211 e. The van der Waals surface area contributed by atoms with E-state index in [9.17, 15) is 0 Å². The third-order valence-electron chi connectivity index (χ3n) is 7.33. The van der Waals surface area contributed by atoms with Gasteiger partial charge in [0, 0.05) is 0 Å². The van der Waals surface area contributed by atoms with E-state index in [1.807, 2.05) is 0 Å². The van der Waals surface area contributed by atoms with Crippen molar-refractivity contribution in [1.82, 2.24) is 16.9 Å². The molecule has 166 valence electrons. The smallest absolute Gasteiger partial charge is 0.211 e. The van der Waals surface area contributed by atoms with Gasteiger partial charge in [-0.25, -0.2) is 0 Å². The zero-order valence-electron chi connectivity index (χ0n) is 21.6. The largest absolute Gasteiger partial charge is 0.333 e. The fourth-order valence-electron chi connectivity index (χ4n) is 6.54. The Morgan fingerprint density at radius 1 is 0.393 bits per heavy atom. The molecule has 0 unspecified atom stereocenters. The highest BCUT2D eigenvalue weighted by Crippen LogP contribution is 2.45. The normalized spacial score (nSPS) is 26.4. The second-order valence-corrected chi connectivity index (χ2v) is 46.6. The molecule has 2 aliphatic rings. The van der Waals surface area contributed by atoms with E-state index in [4.69, 9.17) is 0 Å². The van der Waals surface area contributed by atoms with Gasteiger partial charge in [0.15, 0.2) is 0 Å². The van der Waals surface area contributed by atoms with Crippen LogP contribution in [0.4, 0.5) is 0 Å². The summed E-state index contributed by atoms with van der Waals surface area (Å²) >= 11 is 0. The number of rotatable bonds is 5. The minimum atomic E-state index is -1.80. The highest BCUT2D eigenvalue weighted by Gasteiger charge is 2.72. The second-order valence-electron chi connectivity index (χ2n) is 13.3. The van der Waals surface area contributed by atoms with Crippen molar-refractivity contribution in [3.05, 3.63) is 0 Å². The Labute approximate surface area is 183 Å². The maximum absolute atomic E-state index is 3.20. The molecule has 0 radical (unpaired) electrons. The van der Waals surface area contributed by atoms with E-state index in [1.165, 1.54) is 26.2 Å². The lowest BCUT2D eigenvalue weighted by molar-refractivity contribution is 0.654. The van der Waals surface area contributed by atoms with Crippen LogP contribution < -0.4 is 0 Å². The van der Waals surface area contributed by atoms with Crippen molar-refractivity contribution in [2.24, 2.45) is 0 Å². The van der Waals surface area contributed by atoms with Crippen molar-refractivity contribution in [3.8, 4) is 0 Å². The summed E-state index contributed by atoms with van der Waals surface area (Å²) in [4.78, 5) is 0. The van der Waals surface area contributed by atoms with Crippen LogP contribution in [-0.2, 0) is 0 Å². The monoisotopic (exact) mass is 490 g/mol. The van der Waals surface area contributed by atoms with Crippen molar-refractivity contribution < 1.29 is 0 Å². The molecule has 0 spiro atoms. The van der Waals surface area contributed by atoms with E-state index in [-0.39, 0.29) is 0 Å². The first-order chi connectivity index (χ1) is 12.2. The maximum atomic E-state index is 3.20. The molecule has 2 heterocycles. The van der Waals surface area contributed by atoms with Crippen molar-refractivity contribution in [1.29, 1.82) is 0 Å². The lowest BCUT2D eigenvalue weighted by Crippen LogP contribution is -2.90. The number of hydrogen-bond donors (Lipinski definition) is 0.